The Bertz CT molecular complexity index is 1330. The van der Waals surface area contributed by atoms with Crippen LogP contribution in [0.3, 0.4) is 0 Å². The largest absolute Gasteiger partial charge is 0.384 e. The van der Waals surface area contributed by atoms with Crippen molar-refractivity contribution in [2.75, 3.05) is 5.32 Å². The monoisotopic (exact) mass is 433 g/mol. The van der Waals surface area contributed by atoms with E-state index in [9.17, 15) is 14.3 Å². The van der Waals surface area contributed by atoms with Gasteiger partial charge in [0.15, 0.2) is 0 Å². The van der Waals surface area contributed by atoms with Gasteiger partial charge in [0.25, 0.3) is 5.56 Å². The zero-order valence-electron chi connectivity index (χ0n) is 18.3. The maximum Gasteiger partial charge on any atom is 0.264 e. The molecule has 4 aromatic rings. The van der Waals surface area contributed by atoms with Crippen molar-refractivity contribution in [2.45, 2.75) is 32.4 Å². The summed E-state index contributed by atoms with van der Waals surface area (Å²) in [4.78, 5) is 26.3. The van der Waals surface area contributed by atoms with Crippen LogP contribution in [-0.4, -0.2) is 24.6 Å². The average Bonchev–Trinajstić information content (AvgIpc) is 2.76. The molecule has 1 aromatic carbocycles. The molecule has 164 valence electrons. The molecule has 0 aliphatic heterocycles. The molecule has 0 aliphatic carbocycles. The number of benzene rings is 1. The topological polar surface area (TPSA) is 92.9 Å². The highest BCUT2D eigenvalue weighted by atomic mass is 19.1. The summed E-state index contributed by atoms with van der Waals surface area (Å²) in [5.41, 5.74) is 1.92. The number of aromatic nitrogens is 4. The van der Waals surface area contributed by atoms with E-state index >= 15 is 0 Å². The number of rotatable bonds is 5. The number of hydrogen-bond donors (Lipinski definition) is 2. The SMILES string of the molecule is C[C@H](Nc1nc(-c2ccc(C(C)(C)O)nc2)cc2ncn(C)c(=O)c12)c1ccc(F)cc1. The summed E-state index contributed by atoms with van der Waals surface area (Å²) in [6, 6.07) is 11.2. The predicted octanol–water partition coefficient (Wildman–Crippen LogP) is 3.93. The summed E-state index contributed by atoms with van der Waals surface area (Å²) in [5.74, 6) is 0.0705. The van der Waals surface area contributed by atoms with Crippen LogP contribution in [0.5, 0.6) is 0 Å². The Morgan fingerprint density at radius 1 is 1.12 bits per heavy atom. The van der Waals surface area contributed by atoms with Crippen LogP contribution >= 0.6 is 0 Å². The molecule has 32 heavy (non-hydrogen) atoms. The molecule has 0 unspecified atom stereocenters. The van der Waals surface area contributed by atoms with E-state index in [1.165, 1.54) is 23.0 Å². The van der Waals surface area contributed by atoms with Gasteiger partial charge in [-0.1, -0.05) is 12.1 Å². The Labute approximate surface area is 184 Å². The molecule has 3 aromatic heterocycles. The Kier molecular flexibility index (Phi) is 5.48. The van der Waals surface area contributed by atoms with Gasteiger partial charge in [0.05, 0.1) is 23.2 Å². The fourth-order valence-electron chi connectivity index (χ4n) is 3.42. The molecule has 7 nitrogen and oxygen atoms in total. The molecular weight excluding hydrogens is 409 g/mol. The maximum atomic E-state index is 13.3. The summed E-state index contributed by atoms with van der Waals surface area (Å²) in [5, 5.41) is 13.8. The molecule has 0 aliphatic rings. The van der Waals surface area contributed by atoms with E-state index in [1.54, 1.807) is 51.4 Å². The molecule has 0 amide bonds. The second kappa shape index (κ2) is 8.12. The number of aliphatic hydroxyl groups is 1. The highest BCUT2D eigenvalue weighted by Gasteiger charge is 2.19. The van der Waals surface area contributed by atoms with Gasteiger partial charge in [-0.05, 0) is 56.7 Å². The van der Waals surface area contributed by atoms with Crippen molar-refractivity contribution in [3.63, 3.8) is 0 Å². The minimum absolute atomic E-state index is 0.224. The Morgan fingerprint density at radius 2 is 1.84 bits per heavy atom. The van der Waals surface area contributed by atoms with E-state index < -0.39 is 5.60 Å². The van der Waals surface area contributed by atoms with Gasteiger partial charge in [-0.25, -0.2) is 14.4 Å². The zero-order valence-corrected chi connectivity index (χ0v) is 18.3. The number of halogens is 1. The molecular formula is C24H24FN5O2. The Morgan fingerprint density at radius 3 is 2.47 bits per heavy atom. The summed E-state index contributed by atoms with van der Waals surface area (Å²) >= 11 is 0. The summed E-state index contributed by atoms with van der Waals surface area (Å²) < 4.78 is 14.7. The molecule has 0 saturated carbocycles. The third kappa shape index (κ3) is 4.22. The van der Waals surface area contributed by atoms with Crippen LogP contribution in [0, 0.1) is 5.82 Å². The zero-order chi connectivity index (χ0) is 23.0. The molecule has 0 saturated heterocycles. The van der Waals surface area contributed by atoms with Crippen molar-refractivity contribution in [3.05, 3.63) is 82.4 Å². The van der Waals surface area contributed by atoms with Crippen molar-refractivity contribution >= 4 is 16.7 Å². The third-order valence-electron chi connectivity index (χ3n) is 5.31. The van der Waals surface area contributed by atoms with Gasteiger partial charge in [0, 0.05) is 24.8 Å². The molecule has 8 heteroatoms. The normalized spacial score (nSPS) is 12.7. The summed E-state index contributed by atoms with van der Waals surface area (Å²) in [6.45, 7) is 5.25. The molecule has 1 atom stereocenters. The third-order valence-corrected chi connectivity index (χ3v) is 5.31. The first-order chi connectivity index (χ1) is 15.1. The molecule has 4 rings (SSSR count). The number of anilines is 1. The lowest BCUT2D eigenvalue weighted by Gasteiger charge is -2.18. The number of nitrogens with zero attached hydrogens (tertiary/aromatic N) is 4. The van der Waals surface area contributed by atoms with E-state index in [0.717, 1.165) is 11.1 Å². The van der Waals surface area contributed by atoms with Gasteiger partial charge in [-0.2, -0.15) is 0 Å². The summed E-state index contributed by atoms with van der Waals surface area (Å²) in [7, 11) is 1.63. The van der Waals surface area contributed by atoms with Crippen LogP contribution in [0.25, 0.3) is 22.2 Å². The Balaban J connectivity index is 1.82. The van der Waals surface area contributed by atoms with Crippen LogP contribution in [0.4, 0.5) is 10.2 Å². The predicted molar refractivity (Wildman–Crippen MR) is 122 cm³/mol. The van der Waals surface area contributed by atoms with Gasteiger partial charge in [-0.15, -0.1) is 0 Å². The van der Waals surface area contributed by atoms with E-state index in [4.69, 9.17) is 4.98 Å². The van der Waals surface area contributed by atoms with Crippen LogP contribution in [0.15, 0.2) is 59.8 Å². The lowest BCUT2D eigenvalue weighted by molar-refractivity contribution is 0.0739. The number of hydrogen-bond acceptors (Lipinski definition) is 6. The lowest BCUT2D eigenvalue weighted by atomic mass is 10.0. The van der Waals surface area contributed by atoms with Crippen molar-refractivity contribution in [2.24, 2.45) is 7.05 Å². The van der Waals surface area contributed by atoms with Crippen molar-refractivity contribution in [1.82, 2.24) is 19.5 Å². The quantitative estimate of drug-likeness (QED) is 0.495. The minimum Gasteiger partial charge on any atom is -0.384 e. The number of nitrogens with one attached hydrogen (secondary N) is 1. The minimum atomic E-state index is -1.06. The maximum absolute atomic E-state index is 13.3. The van der Waals surface area contributed by atoms with E-state index in [1.807, 2.05) is 13.0 Å². The average molecular weight is 433 g/mol. The van der Waals surface area contributed by atoms with E-state index in [0.29, 0.717) is 28.1 Å². The van der Waals surface area contributed by atoms with E-state index in [2.05, 4.69) is 15.3 Å². The van der Waals surface area contributed by atoms with Crippen LogP contribution in [0.1, 0.15) is 38.1 Å². The molecule has 3 heterocycles. The number of pyridine rings is 2. The van der Waals surface area contributed by atoms with Crippen LogP contribution in [-0.2, 0) is 12.6 Å². The van der Waals surface area contributed by atoms with E-state index in [-0.39, 0.29) is 17.4 Å². The second-order valence-electron chi connectivity index (χ2n) is 8.32. The van der Waals surface area contributed by atoms with Crippen molar-refractivity contribution in [3.8, 4) is 11.3 Å². The van der Waals surface area contributed by atoms with Crippen LogP contribution in [0.2, 0.25) is 0 Å². The Hall–Kier alpha value is -3.65. The van der Waals surface area contributed by atoms with Crippen molar-refractivity contribution in [1.29, 1.82) is 0 Å². The first kappa shape index (κ1) is 21.6. The molecule has 0 bridgehead atoms. The van der Waals surface area contributed by atoms with Gasteiger partial charge >= 0.3 is 0 Å². The standard InChI is InChI=1S/C24H24FN5O2/c1-14(15-5-8-17(25)9-6-15)28-22-21-19(27-13-30(4)23(21)31)11-18(29-22)16-7-10-20(26-12-16)24(2,3)32/h5-14,32H,1-4H3,(H,28,29)/t14-/m0/s1. The molecule has 0 spiro atoms. The summed E-state index contributed by atoms with van der Waals surface area (Å²) in [6.07, 6.45) is 3.10. The fourth-order valence-corrected chi connectivity index (χ4v) is 3.42. The van der Waals surface area contributed by atoms with Gasteiger partial charge in [0.1, 0.15) is 22.6 Å². The molecule has 2 N–H and O–H groups in total. The number of fused-ring (bicyclic) bond motifs is 1. The highest BCUT2D eigenvalue weighted by Crippen LogP contribution is 2.28. The lowest BCUT2D eigenvalue weighted by Crippen LogP contribution is -2.20. The smallest absolute Gasteiger partial charge is 0.264 e. The highest BCUT2D eigenvalue weighted by molar-refractivity contribution is 5.91. The van der Waals surface area contributed by atoms with Gasteiger partial charge in [-0.3, -0.25) is 9.78 Å². The molecule has 0 radical (unpaired) electrons. The number of aryl methyl sites for hydroxylation is 1. The van der Waals surface area contributed by atoms with Crippen molar-refractivity contribution < 1.29 is 9.50 Å². The molecule has 0 fully saturated rings. The van der Waals surface area contributed by atoms with Crippen LogP contribution < -0.4 is 10.9 Å². The second-order valence-corrected chi connectivity index (χ2v) is 8.32. The van der Waals surface area contributed by atoms with Gasteiger partial charge in [0.2, 0.25) is 0 Å². The first-order valence-corrected chi connectivity index (χ1v) is 10.2. The fraction of sp³-hybridized carbons (Fsp3) is 0.250. The first-order valence-electron chi connectivity index (χ1n) is 10.2. The van der Waals surface area contributed by atoms with Gasteiger partial charge < -0.3 is 15.0 Å².